The summed E-state index contributed by atoms with van der Waals surface area (Å²) < 4.78 is 12.9. The van der Waals surface area contributed by atoms with Crippen LogP contribution >= 0.6 is 0 Å². The number of halogens is 1. The Morgan fingerprint density at radius 2 is 2.31 bits per heavy atom. The van der Waals surface area contributed by atoms with Crippen molar-refractivity contribution < 1.29 is 14.3 Å². The Morgan fingerprint density at radius 3 is 2.94 bits per heavy atom. The van der Waals surface area contributed by atoms with Crippen molar-refractivity contribution in [1.82, 2.24) is 0 Å². The van der Waals surface area contributed by atoms with Crippen LogP contribution in [0.4, 0.5) is 4.39 Å². The first-order valence-corrected chi connectivity index (χ1v) is 4.67. The summed E-state index contributed by atoms with van der Waals surface area (Å²) in [5, 5.41) is 17.0. The number of nitriles is 1. The van der Waals surface area contributed by atoms with E-state index in [1.54, 1.807) is 12.2 Å². The Hall–Kier alpha value is -2.15. The van der Waals surface area contributed by atoms with E-state index in [0.717, 1.165) is 0 Å². The molecule has 1 aromatic carbocycles. The maximum atomic E-state index is 12.9. The van der Waals surface area contributed by atoms with Crippen LogP contribution in [0.15, 0.2) is 24.3 Å². The zero-order valence-corrected chi connectivity index (χ0v) is 8.48. The van der Waals surface area contributed by atoms with Crippen molar-refractivity contribution in [1.29, 1.82) is 5.26 Å². The summed E-state index contributed by atoms with van der Waals surface area (Å²) in [6.45, 7) is 0. The topological polar surface area (TPSA) is 61.1 Å². The molecule has 1 rings (SSSR count). The van der Waals surface area contributed by atoms with Gasteiger partial charge < -0.3 is 5.11 Å². The minimum atomic E-state index is -1.01. The molecule has 0 amide bonds. The molecule has 1 aromatic rings. The van der Waals surface area contributed by atoms with E-state index in [4.69, 9.17) is 10.4 Å². The first-order valence-electron chi connectivity index (χ1n) is 4.67. The largest absolute Gasteiger partial charge is 0.481 e. The van der Waals surface area contributed by atoms with Crippen LogP contribution in [0.2, 0.25) is 0 Å². The lowest BCUT2D eigenvalue weighted by Crippen LogP contribution is -2.02. The van der Waals surface area contributed by atoms with Gasteiger partial charge in [0.15, 0.2) is 0 Å². The average molecular weight is 219 g/mol. The van der Waals surface area contributed by atoms with Crippen molar-refractivity contribution in [3.63, 3.8) is 0 Å². The molecular formula is C12H10FNO2. The fourth-order valence-electron chi connectivity index (χ4n) is 1.29. The standard InChI is InChI=1S/C12H10FNO2/c13-11-5-4-9(3-1-2-6-14)10(7-11)8-12(15)16/h1,3-5,7H,2,8H2,(H,15,16). The summed E-state index contributed by atoms with van der Waals surface area (Å²) in [4.78, 5) is 10.6. The van der Waals surface area contributed by atoms with Crippen LogP contribution in [0.5, 0.6) is 0 Å². The highest BCUT2D eigenvalue weighted by Crippen LogP contribution is 2.14. The molecule has 0 saturated carbocycles. The summed E-state index contributed by atoms with van der Waals surface area (Å²) in [6.07, 6.45) is 3.24. The zero-order chi connectivity index (χ0) is 12.0. The number of benzene rings is 1. The van der Waals surface area contributed by atoms with E-state index in [-0.39, 0.29) is 12.8 Å². The van der Waals surface area contributed by atoms with Crippen LogP contribution in [0.3, 0.4) is 0 Å². The van der Waals surface area contributed by atoms with Crippen molar-refractivity contribution in [2.45, 2.75) is 12.8 Å². The Morgan fingerprint density at radius 1 is 1.56 bits per heavy atom. The van der Waals surface area contributed by atoms with Gasteiger partial charge in [0.1, 0.15) is 5.82 Å². The van der Waals surface area contributed by atoms with E-state index in [9.17, 15) is 9.18 Å². The van der Waals surface area contributed by atoms with Gasteiger partial charge >= 0.3 is 5.97 Å². The van der Waals surface area contributed by atoms with E-state index < -0.39 is 11.8 Å². The van der Waals surface area contributed by atoms with Crippen molar-refractivity contribution in [3.8, 4) is 6.07 Å². The molecule has 0 saturated heterocycles. The SMILES string of the molecule is N#CCC=Cc1ccc(F)cc1CC(=O)O. The number of hydrogen-bond acceptors (Lipinski definition) is 2. The lowest BCUT2D eigenvalue weighted by molar-refractivity contribution is -0.136. The molecule has 0 unspecified atom stereocenters. The first kappa shape index (κ1) is 11.9. The number of hydrogen-bond donors (Lipinski definition) is 1. The van der Waals surface area contributed by atoms with Crippen LogP contribution in [0.1, 0.15) is 17.5 Å². The van der Waals surface area contributed by atoms with Crippen molar-refractivity contribution >= 4 is 12.0 Å². The molecule has 3 nitrogen and oxygen atoms in total. The third-order valence-corrected chi connectivity index (χ3v) is 1.95. The molecule has 0 heterocycles. The quantitative estimate of drug-likeness (QED) is 0.845. The number of carboxylic acid groups (broad SMARTS) is 1. The highest BCUT2D eigenvalue weighted by molar-refractivity contribution is 5.72. The number of nitrogens with zero attached hydrogens (tertiary/aromatic N) is 1. The van der Waals surface area contributed by atoms with E-state index >= 15 is 0 Å². The van der Waals surface area contributed by atoms with Gasteiger partial charge in [-0.3, -0.25) is 4.79 Å². The van der Waals surface area contributed by atoms with Crippen LogP contribution < -0.4 is 0 Å². The molecule has 0 radical (unpaired) electrons. The third kappa shape index (κ3) is 3.54. The van der Waals surface area contributed by atoms with Crippen molar-refractivity contribution in [3.05, 3.63) is 41.2 Å². The third-order valence-electron chi connectivity index (χ3n) is 1.95. The predicted molar refractivity (Wildman–Crippen MR) is 57.0 cm³/mol. The Labute approximate surface area is 92.4 Å². The molecule has 1 N–H and O–H groups in total. The van der Waals surface area contributed by atoms with Crippen LogP contribution in [0.25, 0.3) is 6.08 Å². The highest BCUT2D eigenvalue weighted by Gasteiger charge is 2.06. The smallest absolute Gasteiger partial charge is 0.307 e. The van der Waals surface area contributed by atoms with Crippen LogP contribution in [0, 0.1) is 17.1 Å². The van der Waals surface area contributed by atoms with Gasteiger partial charge in [0, 0.05) is 0 Å². The van der Waals surface area contributed by atoms with Crippen molar-refractivity contribution in [2.24, 2.45) is 0 Å². The molecule has 0 aliphatic carbocycles. The van der Waals surface area contributed by atoms with E-state index in [1.165, 1.54) is 18.2 Å². The number of carbonyl (C=O) groups is 1. The van der Waals surface area contributed by atoms with E-state index in [0.29, 0.717) is 11.1 Å². The predicted octanol–water partition coefficient (Wildman–Crippen LogP) is 2.38. The second kappa shape index (κ2) is 5.66. The molecule has 0 aromatic heterocycles. The first-order chi connectivity index (χ1) is 7.63. The summed E-state index contributed by atoms with van der Waals surface area (Å²) in [7, 11) is 0. The summed E-state index contributed by atoms with van der Waals surface area (Å²) in [5.74, 6) is -1.48. The highest BCUT2D eigenvalue weighted by atomic mass is 19.1. The normalized spacial score (nSPS) is 10.2. The minimum Gasteiger partial charge on any atom is -0.481 e. The molecule has 4 heteroatoms. The van der Waals surface area contributed by atoms with Crippen LogP contribution in [-0.4, -0.2) is 11.1 Å². The van der Waals surface area contributed by atoms with Gasteiger partial charge in [-0.15, -0.1) is 0 Å². The molecule has 0 aliphatic heterocycles. The number of aliphatic carboxylic acids is 1. The minimum absolute atomic E-state index is 0.232. The van der Waals surface area contributed by atoms with E-state index in [2.05, 4.69) is 0 Å². The van der Waals surface area contributed by atoms with Gasteiger partial charge in [-0.25, -0.2) is 4.39 Å². The Kier molecular flexibility index (Phi) is 4.22. The number of rotatable bonds is 4. The van der Waals surface area contributed by atoms with Gasteiger partial charge in [-0.05, 0) is 23.3 Å². The number of allylic oxidation sites excluding steroid dienone is 1. The van der Waals surface area contributed by atoms with Crippen molar-refractivity contribution in [2.75, 3.05) is 0 Å². The van der Waals surface area contributed by atoms with Crippen LogP contribution in [-0.2, 0) is 11.2 Å². The molecule has 0 atom stereocenters. The van der Waals surface area contributed by atoms with Gasteiger partial charge in [-0.2, -0.15) is 5.26 Å². The Balaban J connectivity index is 2.98. The molecule has 0 spiro atoms. The van der Waals surface area contributed by atoms with Gasteiger partial charge in [-0.1, -0.05) is 18.2 Å². The monoisotopic (exact) mass is 219 g/mol. The lowest BCUT2D eigenvalue weighted by Gasteiger charge is -2.03. The van der Waals surface area contributed by atoms with Gasteiger partial charge in [0.25, 0.3) is 0 Å². The summed E-state index contributed by atoms with van der Waals surface area (Å²) >= 11 is 0. The summed E-state index contributed by atoms with van der Waals surface area (Å²) in [5.41, 5.74) is 1.03. The maximum Gasteiger partial charge on any atom is 0.307 e. The lowest BCUT2D eigenvalue weighted by atomic mass is 10.0. The maximum absolute atomic E-state index is 12.9. The molecule has 82 valence electrons. The second-order valence-electron chi connectivity index (χ2n) is 3.18. The molecular weight excluding hydrogens is 209 g/mol. The van der Waals surface area contributed by atoms with Gasteiger partial charge in [0.2, 0.25) is 0 Å². The van der Waals surface area contributed by atoms with E-state index in [1.807, 2.05) is 6.07 Å². The molecule has 0 fully saturated rings. The Bertz CT molecular complexity index is 461. The zero-order valence-electron chi connectivity index (χ0n) is 8.48. The molecule has 0 bridgehead atoms. The summed E-state index contributed by atoms with van der Waals surface area (Å²) in [6, 6.07) is 5.89. The van der Waals surface area contributed by atoms with Gasteiger partial charge in [0.05, 0.1) is 18.9 Å². The average Bonchev–Trinajstić information content (AvgIpc) is 2.20. The fraction of sp³-hybridized carbons (Fsp3) is 0.167. The molecule has 0 aliphatic rings. The molecule has 16 heavy (non-hydrogen) atoms. The fourth-order valence-corrected chi connectivity index (χ4v) is 1.29. The second-order valence-corrected chi connectivity index (χ2v) is 3.18. The number of carboxylic acids is 1.